The summed E-state index contributed by atoms with van der Waals surface area (Å²) in [6.45, 7) is 3.27. The average molecular weight is 377 g/mol. The van der Waals surface area contributed by atoms with Gasteiger partial charge in [-0.15, -0.1) is 0 Å². The van der Waals surface area contributed by atoms with Crippen molar-refractivity contribution in [1.82, 2.24) is 10.2 Å². The number of amides is 2. The van der Waals surface area contributed by atoms with E-state index in [4.69, 9.17) is 12.2 Å². The maximum Gasteiger partial charge on any atom is 0.266 e. The molecule has 0 aromatic heterocycles. The van der Waals surface area contributed by atoms with Crippen LogP contribution in [0.15, 0.2) is 29.2 Å². The van der Waals surface area contributed by atoms with Gasteiger partial charge in [0.2, 0.25) is 5.91 Å². The van der Waals surface area contributed by atoms with E-state index in [-0.39, 0.29) is 23.2 Å². The van der Waals surface area contributed by atoms with Crippen LogP contribution in [-0.2, 0) is 14.4 Å². The molecule has 1 atom stereocenters. The lowest BCUT2D eigenvalue weighted by atomic mass is 10.1. The lowest BCUT2D eigenvalue weighted by Gasteiger charge is -2.20. The second-order valence-electron chi connectivity index (χ2n) is 5.53. The molecule has 0 bridgehead atoms. The summed E-state index contributed by atoms with van der Waals surface area (Å²) in [5.41, 5.74) is 1.97. The van der Waals surface area contributed by atoms with Gasteiger partial charge in [-0.1, -0.05) is 60.7 Å². The number of carboxylic acids is 1. The quantitative estimate of drug-likeness (QED) is 0.584. The maximum absolute atomic E-state index is 12.5. The van der Waals surface area contributed by atoms with Crippen molar-refractivity contribution in [2.75, 3.05) is 6.54 Å². The highest BCUT2D eigenvalue weighted by Crippen LogP contribution is 2.32. The standard InChI is InChI=1S/C17H18N2O4S2/c1-3-12(16(22)23)18-14(20)9-19-15(21)13(25-17(19)24)8-11-6-4-10(2)5-7-11/h4-8,12H,3,9H2,1-2H3,(H,18,20)(H,22,23)/p-1/b13-8+/t12-/m1/s1. The van der Waals surface area contributed by atoms with Gasteiger partial charge in [0.1, 0.15) is 10.9 Å². The first-order valence-electron chi connectivity index (χ1n) is 7.64. The van der Waals surface area contributed by atoms with E-state index in [1.54, 1.807) is 13.0 Å². The molecular formula is C17H17N2O4S2-. The number of hydrogen-bond donors (Lipinski definition) is 1. The van der Waals surface area contributed by atoms with E-state index in [9.17, 15) is 19.5 Å². The van der Waals surface area contributed by atoms with Crippen LogP contribution in [0.5, 0.6) is 0 Å². The Bertz CT molecular complexity index is 744. The minimum Gasteiger partial charge on any atom is -0.548 e. The zero-order valence-corrected chi connectivity index (χ0v) is 15.4. The Morgan fingerprint density at radius 3 is 2.56 bits per heavy atom. The predicted molar refractivity (Wildman–Crippen MR) is 98.3 cm³/mol. The Labute approximate surface area is 155 Å². The number of benzene rings is 1. The summed E-state index contributed by atoms with van der Waals surface area (Å²) < 4.78 is 0.264. The summed E-state index contributed by atoms with van der Waals surface area (Å²) in [7, 11) is 0. The fourth-order valence-electron chi connectivity index (χ4n) is 2.16. The smallest absolute Gasteiger partial charge is 0.266 e. The third kappa shape index (κ3) is 4.90. The van der Waals surface area contributed by atoms with Crippen LogP contribution in [0.2, 0.25) is 0 Å². The second-order valence-corrected chi connectivity index (χ2v) is 7.20. The van der Waals surface area contributed by atoms with Crippen LogP contribution in [0.4, 0.5) is 0 Å². The van der Waals surface area contributed by atoms with Crippen molar-refractivity contribution in [2.24, 2.45) is 0 Å². The van der Waals surface area contributed by atoms with Crippen LogP contribution in [0.3, 0.4) is 0 Å². The average Bonchev–Trinajstić information content (AvgIpc) is 2.82. The Morgan fingerprint density at radius 1 is 1.36 bits per heavy atom. The second kappa shape index (κ2) is 8.26. The van der Waals surface area contributed by atoms with Gasteiger partial charge >= 0.3 is 0 Å². The first kappa shape index (κ1) is 19.1. The fourth-order valence-corrected chi connectivity index (χ4v) is 3.42. The number of nitrogens with zero attached hydrogens (tertiary/aromatic N) is 1. The summed E-state index contributed by atoms with van der Waals surface area (Å²) in [6.07, 6.45) is 1.91. The van der Waals surface area contributed by atoms with Gasteiger partial charge in [0.25, 0.3) is 5.91 Å². The summed E-state index contributed by atoms with van der Waals surface area (Å²) in [5.74, 6) is -2.32. The Kier molecular flexibility index (Phi) is 6.33. The molecule has 6 nitrogen and oxygen atoms in total. The summed E-state index contributed by atoms with van der Waals surface area (Å²) in [4.78, 5) is 36.9. The molecule has 1 saturated heterocycles. The number of aryl methyl sites for hydroxylation is 1. The van der Waals surface area contributed by atoms with Crippen molar-refractivity contribution in [3.8, 4) is 0 Å². The van der Waals surface area contributed by atoms with E-state index < -0.39 is 17.9 Å². The van der Waals surface area contributed by atoms with Crippen LogP contribution >= 0.6 is 24.0 Å². The molecule has 1 aliphatic rings. The molecule has 1 fully saturated rings. The molecule has 1 aromatic carbocycles. The van der Waals surface area contributed by atoms with Gasteiger partial charge in [-0.3, -0.25) is 14.5 Å². The molecule has 1 aromatic rings. The summed E-state index contributed by atoms with van der Waals surface area (Å²) in [5, 5.41) is 13.2. The number of aliphatic carboxylic acids is 1. The normalized spacial score (nSPS) is 17.0. The van der Waals surface area contributed by atoms with Gasteiger partial charge in [-0.25, -0.2) is 0 Å². The lowest BCUT2D eigenvalue weighted by molar-refractivity contribution is -0.308. The van der Waals surface area contributed by atoms with Crippen LogP contribution in [-0.4, -0.2) is 39.6 Å². The van der Waals surface area contributed by atoms with Crippen molar-refractivity contribution in [3.63, 3.8) is 0 Å². The molecule has 0 radical (unpaired) electrons. The number of carboxylic acid groups (broad SMARTS) is 1. The molecule has 1 aliphatic heterocycles. The summed E-state index contributed by atoms with van der Waals surface area (Å²) >= 11 is 6.28. The predicted octanol–water partition coefficient (Wildman–Crippen LogP) is 0.841. The van der Waals surface area contributed by atoms with Gasteiger partial charge in [0, 0.05) is 0 Å². The zero-order chi connectivity index (χ0) is 18.6. The first-order chi connectivity index (χ1) is 11.8. The lowest BCUT2D eigenvalue weighted by Crippen LogP contribution is -2.50. The molecule has 0 unspecified atom stereocenters. The highest BCUT2D eigenvalue weighted by molar-refractivity contribution is 8.26. The van der Waals surface area contributed by atoms with Gasteiger partial charge in [-0.2, -0.15) is 0 Å². The van der Waals surface area contributed by atoms with Gasteiger partial charge in [-0.05, 0) is 25.0 Å². The van der Waals surface area contributed by atoms with Crippen LogP contribution < -0.4 is 10.4 Å². The van der Waals surface area contributed by atoms with Gasteiger partial charge in [0.15, 0.2) is 0 Å². The number of thioether (sulfide) groups is 1. The zero-order valence-electron chi connectivity index (χ0n) is 13.8. The fraction of sp³-hybridized carbons (Fsp3) is 0.294. The summed E-state index contributed by atoms with van der Waals surface area (Å²) in [6, 6.07) is 6.56. The molecule has 8 heteroatoms. The highest BCUT2D eigenvalue weighted by atomic mass is 32.2. The molecule has 132 valence electrons. The van der Waals surface area contributed by atoms with E-state index in [1.807, 2.05) is 31.2 Å². The molecule has 25 heavy (non-hydrogen) atoms. The topological polar surface area (TPSA) is 89.5 Å². The molecule has 1 N–H and O–H groups in total. The van der Waals surface area contributed by atoms with Crippen molar-refractivity contribution < 1.29 is 19.5 Å². The number of rotatable bonds is 6. The minimum atomic E-state index is -1.36. The van der Waals surface area contributed by atoms with E-state index in [0.717, 1.165) is 27.8 Å². The molecule has 0 spiro atoms. The SMILES string of the molecule is CC[C@@H](NC(=O)CN1C(=O)/C(=C\c2ccc(C)cc2)SC1=S)C(=O)[O-]. The third-order valence-electron chi connectivity index (χ3n) is 3.58. The van der Waals surface area contributed by atoms with Crippen LogP contribution in [0, 0.1) is 6.92 Å². The van der Waals surface area contributed by atoms with Gasteiger partial charge in [0.05, 0.1) is 16.9 Å². The molecule has 1 heterocycles. The molecule has 0 aliphatic carbocycles. The van der Waals surface area contributed by atoms with Crippen molar-refractivity contribution in [1.29, 1.82) is 0 Å². The number of thiocarbonyl (C=S) groups is 1. The third-order valence-corrected chi connectivity index (χ3v) is 4.96. The van der Waals surface area contributed by atoms with Gasteiger partial charge < -0.3 is 15.2 Å². The first-order valence-corrected chi connectivity index (χ1v) is 8.86. The number of carbonyl (C=O) groups is 3. The van der Waals surface area contributed by atoms with Crippen molar-refractivity contribution in [3.05, 3.63) is 40.3 Å². The van der Waals surface area contributed by atoms with E-state index in [1.165, 1.54) is 0 Å². The van der Waals surface area contributed by atoms with E-state index >= 15 is 0 Å². The van der Waals surface area contributed by atoms with Crippen LogP contribution in [0.1, 0.15) is 24.5 Å². The molecular weight excluding hydrogens is 360 g/mol. The van der Waals surface area contributed by atoms with E-state index in [2.05, 4.69) is 5.32 Å². The Hall–Kier alpha value is -2.19. The van der Waals surface area contributed by atoms with Crippen LogP contribution in [0.25, 0.3) is 6.08 Å². The van der Waals surface area contributed by atoms with E-state index in [0.29, 0.717) is 4.91 Å². The number of hydrogen-bond acceptors (Lipinski definition) is 6. The molecule has 0 saturated carbocycles. The molecule has 2 rings (SSSR count). The number of nitrogens with one attached hydrogen (secondary N) is 1. The van der Waals surface area contributed by atoms with Crippen molar-refractivity contribution in [2.45, 2.75) is 26.3 Å². The Morgan fingerprint density at radius 2 is 2.00 bits per heavy atom. The number of carbonyl (C=O) groups excluding carboxylic acids is 3. The minimum absolute atomic E-state index is 0.194. The maximum atomic E-state index is 12.5. The molecule has 2 amide bonds. The highest BCUT2D eigenvalue weighted by Gasteiger charge is 2.33. The Balaban J connectivity index is 2.07. The largest absolute Gasteiger partial charge is 0.548 e. The monoisotopic (exact) mass is 377 g/mol. The van der Waals surface area contributed by atoms with Crippen molar-refractivity contribution >= 4 is 52.2 Å².